The third-order valence-corrected chi connectivity index (χ3v) is 5.90. The van der Waals surface area contributed by atoms with Crippen molar-refractivity contribution < 1.29 is 4.79 Å². The third kappa shape index (κ3) is 3.37. The maximum Gasteiger partial charge on any atom is 0.232 e. The van der Waals surface area contributed by atoms with Crippen molar-refractivity contribution in [1.82, 2.24) is 0 Å². The van der Waals surface area contributed by atoms with Gasteiger partial charge in [0.2, 0.25) is 5.91 Å². The topological polar surface area (TPSA) is 52.9 Å². The molecule has 1 aliphatic carbocycles. The largest absolute Gasteiger partial charge is 0.316 e. The first-order valence-electron chi connectivity index (χ1n) is 8.65. The summed E-state index contributed by atoms with van der Waals surface area (Å²) in [6.07, 6.45) is 6.25. The summed E-state index contributed by atoms with van der Waals surface area (Å²) < 4.78 is 0. The van der Waals surface area contributed by atoms with E-state index in [1.807, 2.05) is 37.3 Å². The molecule has 1 aromatic heterocycles. The van der Waals surface area contributed by atoms with E-state index in [1.165, 1.54) is 23.3 Å². The molecule has 1 atom stereocenters. The van der Waals surface area contributed by atoms with E-state index in [2.05, 4.69) is 11.4 Å². The standard InChI is InChI=1S/C20H22N2OS/c1-2-15(14-9-5-3-6-10-14)19(23)22-20-17(13-21)16-11-7-4-8-12-18(16)24-20/h3,5-6,9-10,15H,2,4,7-8,11-12H2,1H3,(H,22,23). The molecule has 3 nitrogen and oxygen atoms in total. The van der Waals surface area contributed by atoms with Gasteiger partial charge in [-0.3, -0.25) is 4.79 Å². The van der Waals surface area contributed by atoms with Gasteiger partial charge in [0.1, 0.15) is 11.1 Å². The third-order valence-electron chi connectivity index (χ3n) is 4.70. The van der Waals surface area contributed by atoms with Crippen molar-refractivity contribution in [2.75, 3.05) is 5.32 Å². The first-order valence-corrected chi connectivity index (χ1v) is 9.46. The van der Waals surface area contributed by atoms with E-state index >= 15 is 0 Å². The Hall–Kier alpha value is -2.12. The van der Waals surface area contributed by atoms with E-state index in [0.717, 1.165) is 36.2 Å². The highest BCUT2D eigenvalue weighted by atomic mass is 32.1. The van der Waals surface area contributed by atoms with Crippen LogP contribution < -0.4 is 5.32 Å². The van der Waals surface area contributed by atoms with Gasteiger partial charge in [0, 0.05) is 4.88 Å². The van der Waals surface area contributed by atoms with Crippen LogP contribution in [-0.4, -0.2) is 5.91 Å². The van der Waals surface area contributed by atoms with Crippen molar-refractivity contribution in [1.29, 1.82) is 5.26 Å². The SMILES string of the molecule is CCC(C(=O)Nc1sc2c(c1C#N)CCCCC2)c1ccccc1. The fourth-order valence-electron chi connectivity index (χ4n) is 3.41. The molecule has 0 spiro atoms. The molecule has 1 unspecified atom stereocenters. The second kappa shape index (κ2) is 7.63. The highest BCUT2D eigenvalue weighted by molar-refractivity contribution is 7.16. The van der Waals surface area contributed by atoms with Gasteiger partial charge < -0.3 is 5.32 Å². The molecule has 0 aliphatic heterocycles. The average molecular weight is 338 g/mol. The molecule has 1 N–H and O–H groups in total. The molecule has 2 aromatic rings. The number of aryl methyl sites for hydroxylation is 1. The summed E-state index contributed by atoms with van der Waals surface area (Å²) in [7, 11) is 0. The van der Waals surface area contributed by atoms with Crippen LogP contribution in [0, 0.1) is 11.3 Å². The van der Waals surface area contributed by atoms with Crippen LogP contribution in [-0.2, 0) is 17.6 Å². The summed E-state index contributed by atoms with van der Waals surface area (Å²) in [6.45, 7) is 2.02. The lowest BCUT2D eigenvalue weighted by Gasteiger charge is -2.15. The number of rotatable bonds is 4. The number of hydrogen-bond donors (Lipinski definition) is 1. The van der Waals surface area contributed by atoms with Crippen LogP contribution in [0.4, 0.5) is 5.00 Å². The first-order chi connectivity index (χ1) is 11.7. The Bertz CT molecular complexity index is 758. The number of amides is 1. The van der Waals surface area contributed by atoms with Crippen LogP contribution in [0.1, 0.15) is 60.1 Å². The van der Waals surface area contributed by atoms with Gasteiger partial charge in [-0.25, -0.2) is 0 Å². The summed E-state index contributed by atoms with van der Waals surface area (Å²) >= 11 is 1.60. The smallest absolute Gasteiger partial charge is 0.232 e. The molecule has 1 heterocycles. The number of nitrogens with one attached hydrogen (secondary N) is 1. The second-order valence-corrected chi connectivity index (χ2v) is 7.35. The molecule has 1 aromatic carbocycles. The van der Waals surface area contributed by atoms with E-state index in [9.17, 15) is 10.1 Å². The maximum atomic E-state index is 12.8. The zero-order chi connectivity index (χ0) is 16.9. The van der Waals surface area contributed by atoms with Gasteiger partial charge in [0.25, 0.3) is 0 Å². The number of anilines is 1. The Morgan fingerprint density at radius 2 is 2.00 bits per heavy atom. The average Bonchev–Trinajstić information content (AvgIpc) is 2.76. The van der Waals surface area contributed by atoms with Crippen LogP contribution in [0.5, 0.6) is 0 Å². The van der Waals surface area contributed by atoms with Gasteiger partial charge >= 0.3 is 0 Å². The number of nitriles is 1. The minimum absolute atomic E-state index is 0.0170. The molecular weight excluding hydrogens is 316 g/mol. The van der Waals surface area contributed by atoms with Crippen LogP contribution in [0.2, 0.25) is 0 Å². The van der Waals surface area contributed by atoms with Crippen LogP contribution in [0.25, 0.3) is 0 Å². The van der Waals surface area contributed by atoms with Crippen LogP contribution in [0.3, 0.4) is 0 Å². The van der Waals surface area contributed by atoms with Crippen molar-refractivity contribution >= 4 is 22.2 Å². The Balaban J connectivity index is 1.85. The molecule has 24 heavy (non-hydrogen) atoms. The number of fused-ring (bicyclic) bond motifs is 1. The minimum Gasteiger partial charge on any atom is -0.316 e. The van der Waals surface area contributed by atoms with Crippen molar-refractivity contribution in [3.8, 4) is 6.07 Å². The van der Waals surface area contributed by atoms with E-state index in [1.54, 1.807) is 11.3 Å². The molecule has 0 fully saturated rings. The molecule has 0 saturated heterocycles. The molecule has 124 valence electrons. The van der Waals surface area contributed by atoms with Crippen LogP contribution >= 0.6 is 11.3 Å². The van der Waals surface area contributed by atoms with Gasteiger partial charge in [0.15, 0.2) is 0 Å². The van der Waals surface area contributed by atoms with E-state index in [4.69, 9.17) is 0 Å². The monoisotopic (exact) mass is 338 g/mol. The molecule has 0 radical (unpaired) electrons. The summed E-state index contributed by atoms with van der Waals surface area (Å²) in [5.74, 6) is -0.198. The quantitative estimate of drug-likeness (QED) is 0.796. The lowest BCUT2D eigenvalue weighted by atomic mass is 9.95. The molecule has 0 saturated carbocycles. The Morgan fingerprint density at radius 3 is 2.71 bits per heavy atom. The van der Waals surface area contributed by atoms with Crippen molar-refractivity contribution in [2.24, 2.45) is 0 Å². The molecule has 1 amide bonds. The van der Waals surface area contributed by atoms with E-state index < -0.39 is 0 Å². The van der Waals surface area contributed by atoms with Crippen molar-refractivity contribution in [3.05, 3.63) is 51.9 Å². The normalized spacial score (nSPS) is 15.0. The van der Waals surface area contributed by atoms with Gasteiger partial charge in [-0.1, -0.05) is 43.7 Å². The lowest BCUT2D eigenvalue weighted by Crippen LogP contribution is -2.20. The molecule has 4 heteroatoms. The molecule has 1 aliphatic rings. The summed E-state index contributed by atoms with van der Waals surface area (Å²) in [4.78, 5) is 14.1. The number of carbonyl (C=O) groups is 1. The number of thiophene rings is 1. The predicted octanol–water partition coefficient (Wildman–Crippen LogP) is 5.02. The fraction of sp³-hybridized carbons (Fsp3) is 0.400. The van der Waals surface area contributed by atoms with E-state index in [-0.39, 0.29) is 11.8 Å². The summed E-state index contributed by atoms with van der Waals surface area (Å²) in [5.41, 5.74) is 2.88. The minimum atomic E-state index is -0.181. The summed E-state index contributed by atoms with van der Waals surface area (Å²) in [6, 6.07) is 12.2. The Kier molecular flexibility index (Phi) is 5.32. The fourth-order valence-corrected chi connectivity index (χ4v) is 4.65. The maximum absolute atomic E-state index is 12.8. The number of benzene rings is 1. The van der Waals surface area contributed by atoms with Crippen molar-refractivity contribution in [3.63, 3.8) is 0 Å². The summed E-state index contributed by atoms with van der Waals surface area (Å²) in [5, 5.41) is 13.4. The van der Waals surface area contributed by atoms with Crippen LogP contribution in [0.15, 0.2) is 30.3 Å². The second-order valence-electron chi connectivity index (χ2n) is 6.24. The number of carbonyl (C=O) groups excluding carboxylic acids is 1. The van der Waals surface area contributed by atoms with Gasteiger partial charge in [0.05, 0.1) is 11.5 Å². The zero-order valence-electron chi connectivity index (χ0n) is 14.0. The number of hydrogen-bond acceptors (Lipinski definition) is 3. The van der Waals surface area contributed by atoms with E-state index in [0.29, 0.717) is 5.56 Å². The van der Waals surface area contributed by atoms with Gasteiger partial charge in [-0.05, 0) is 43.2 Å². The van der Waals surface area contributed by atoms with Gasteiger partial charge in [-0.15, -0.1) is 11.3 Å². The molecular formula is C20H22N2OS. The highest BCUT2D eigenvalue weighted by Crippen LogP contribution is 2.37. The first kappa shape index (κ1) is 16.7. The highest BCUT2D eigenvalue weighted by Gasteiger charge is 2.24. The Labute approximate surface area is 147 Å². The Morgan fingerprint density at radius 1 is 1.25 bits per heavy atom. The lowest BCUT2D eigenvalue weighted by molar-refractivity contribution is -0.117. The van der Waals surface area contributed by atoms with Gasteiger partial charge in [-0.2, -0.15) is 5.26 Å². The zero-order valence-corrected chi connectivity index (χ0v) is 14.8. The van der Waals surface area contributed by atoms with Crippen molar-refractivity contribution in [2.45, 2.75) is 51.4 Å². The molecule has 3 rings (SSSR count). The predicted molar refractivity (Wildman–Crippen MR) is 98.4 cm³/mol. The number of nitrogens with zero attached hydrogens (tertiary/aromatic N) is 1. The molecule has 0 bridgehead atoms.